The van der Waals surface area contributed by atoms with E-state index in [1.54, 1.807) is 4.31 Å². The molecular weight excluding hydrogens is 324 g/mol. The third kappa shape index (κ3) is 3.60. The van der Waals surface area contributed by atoms with Crippen molar-refractivity contribution in [3.8, 4) is 0 Å². The fourth-order valence-electron chi connectivity index (χ4n) is 2.76. The molecule has 2 aromatic rings. The Morgan fingerprint density at radius 2 is 2.00 bits per heavy atom. The average Bonchev–Trinajstić information content (AvgIpc) is 2.65. The van der Waals surface area contributed by atoms with E-state index in [-0.39, 0.29) is 0 Å². The number of sulfonamides is 1. The molecule has 0 unspecified atom stereocenters. The Labute approximate surface area is 135 Å². The summed E-state index contributed by atoms with van der Waals surface area (Å²) in [6.45, 7) is 3.45. The van der Waals surface area contributed by atoms with Crippen LogP contribution in [-0.2, 0) is 16.6 Å². The second kappa shape index (κ2) is 6.16. The van der Waals surface area contributed by atoms with Crippen LogP contribution in [-0.4, -0.2) is 59.4 Å². The first kappa shape index (κ1) is 15.7. The number of aromatic nitrogens is 2. The quantitative estimate of drug-likeness (QED) is 0.847. The van der Waals surface area contributed by atoms with Crippen LogP contribution in [0.4, 0.5) is 0 Å². The molecule has 0 bridgehead atoms. The molecule has 0 radical (unpaired) electrons. The molecule has 6 nitrogen and oxygen atoms in total. The minimum Gasteiger partial charge on any atom is -0.305 e. The summed E-state index contributed by atoms with van der Waals surface area (Å²) in [5, 5.41) is 0.676. The standard InChI is InChI=1S/C14H19ClN4O2S/c1-22(20,21)19-6-2-5-17(7-8-19)10-13-11-18-9-12(15)3-4-14(18)16-13/h3-4,9,11H,2,5-8,10H2,1H3. The zero-order valence-electron chi connectivity index (χ0n) is 12.4. The molecule has 0 aromatic carbocycles. The van der Waals surface area contributed by atoms with Crippen molar-refractivity contribution in [1.29, 1.82) is 0 Å². The first-order valence-corrected chi connectivity index (χ1v) is 9.45. The zero-order valence-corrected chi connectivity index (χ0v) is 14.0. The number of rotatable bonds is 3. The smallest absolute Gasteiger partial charge is 0.211 e. The van der Waals surface area contributed by atoms with E-state index < -0.39 is 10.0 Å². The van der Waals surface area contributed by atoms with Gasteiger partial charge in [-0.3, -0.25) is 4.90 Å². The average molecular weight is 343 g/mol. The Kier molecular flexibility index (Phi) is 4.40. The van der Waals surface area contributed by atoms with Crippen molar-refractivity contribution in [1.82, 2.24) is 18.6 Å². The van der Waals surface area contributed by atoms with Crippen molar-refractivity contribution >= 4 is 27.3 Å². The van der Waals surface area contributed by atoms with E-state index >= 15 is 0 Å². The summed E-state index contributed by atoms with van der Waals surface area (Å²) in [7, 11) is -3.10. The largest absolute Gasteiger partial charge is 0.305 e. The maximum atomic E-state index is 11.6. The van der Waals surface area contributed by atoms with Crippen molar-refractivity contribution in [2.75, 3.05) is 32.4 Å². The number of imidazole rings is 1. The number of halogens is 1. The molecule has 2 aromatic heterocycles. The fraction of sp³-hybridized carbons (Fsp3) is 0.500. The second-order valence-electron chi connectivity index (χ2n) is 5.64. The number of nitrogens with zero attached hydrogens (tertiary/aromatic N) is 4. The molecule has 0 saturated carbocycles. The molecule has 0 amide bonds. The summed E-state index contributed by atoms with van der Waals surface area (Å²) in [5.41, 5.74) is 1.84. The van der Waals surface area contributed by atoms with Gasteiger partial charge in [-0.15, -0.1) is 0 Å². The minimum atomic E-state index is -3.10. The molecule has 0 spiro atoms. The van der Waals surface area contributed by atoms with Crippen LogP contribution in [0.3, 0.4) is 0 Å². The maximum absolute atomic E-state index is 11.6. The predicted molar refractivity (Wildman–Crippen MR) is 86.5 cm³/mol. The van der Waals surface area contributed by atoms with Crippen LogP contribution in [0.1, 0.15) is 12.1 Å². The van der Waals surface area contributed by atoms with E-state index in [1.165, 1.54) is 6.26 Å². The molecule has 120 valence electrons. The molecule has 0 atom stereocenters. The van der Waals surface area contributed by atoms with Crippen molar-refractivity contribution in [2.45, 2.75) is 13.0 Å². The van der Waals surface area contributed by atoms with Crippen LogP contribution >= 0.6 is 11.6 Å². The SMILES string of the molecule is CS(=O)(=O)N1CCCN(Cc2cn3cc(Cl)ccc3n2)CC1. The van der Waals surface area contributed by atoms with E-state index in [0.717, 1.165) is 37.4 Å². The van der Waals surface area contributed by atoms with Gasteiger partial charge < -0.3 is 4.40 Å². The molecule has 3 rings (SSSR count). The zero-order chi connectivity index (χ0) is 15.7. The van der Waals surface area contributed by atoms with Gasteiger partial charge in [0, 0.05) is 38.6 Å². The normalized spacial score (nSPS) is 18.6. The van der Waals surface area contributed by atoms with Crippen LogP contribution in [0, 0.1) is 0 Å². The molecule has 1 aliphatic heterocycles. The second-order valence-corrected chi connectivity index (χ2v) is 8.06. The first-order chi connectivity index (χ1) is 10.4. The van der Waals surface area contributed by atoms with Gasteiger partial charge in [-0.05, 0) is 25.1 Å². The lowest BCUT2D eigenvalue weighted by Crippen LogP contribution is -2.34. The highest BCUT2D eigenvalue weighted by Crippen LogP contribution is 2.14. The van der Waals surface area contributed by atoms with Gasteiger partial charge in [0.2, 0.25) is 10.0 Å². The van der Waals surface area contributed by atoms with Gasteiger partial charge >= 0.3 is 0 Å². The highest BCUT2D eigenvalue weighted by Gasteiger charge is 2.21. The number of hydrogen-bond acceptors (Lipinski definition) is 4. The van der Waals surface area contributed by atoms with Gasteiger partial charge in [-0.1, -0.05) is 11.6 Å². The molecular formula is C14H19ClN4O2S. The van der Waals surface area contributed by atoms with Gasteiger partial charge in [0.05, 0.1) is 17.0 Å². The Balaban J connectivity index is 1.69. The van der Waals surface area contributed by atoms with Crippen molar-refractivity contribution in [2.24, 2.45) is 0 Å². The van der Waals surface area contributed by atoms with Gasteiger partial charge in [0.15, 0.2) is 0 Å². The Morgan fingerprint density at radius 1 is 1.18 bits per heavy atom. The molecule has 8 heteroatoms. The van der Waals surface area contributed by atoms with Gasteiger partial charge in [-0.2, -0.15) is 0 Å². The summed E-state index contributed by atoms with van der Waals surface area (Å²) >= 11 is 5.98. The summed E-state index contributed by atoms with van der Waals surface area (Å²) < 4.78 is 26.7. The van der Waals surface area contributed by atoms with Crippen LogP contribution in [0.25, 0.3) is 5.65 Å². The van der Waals surface area contributed by atoms with Crippen LogP contribution in [0.5, 0.6) is 0 Å². The summed E-state index contributed by atoms with van der Waals surface area (Å²) in [6, 6.07) is 3.71. The molecule has 22 heavy (non-hydrogen) atoms. The first-order valence-electron chi connectivity index (χ1n) is 7.22. The van der Waals surface area contributed by atoms with E-state index in [4.69, 9.17) is 11.6 Å². The van der Waals surface area contributed by atoms with Crippen LogP contribution in [0.2, 0.25) is 5.02 Å². The number of pyridine rings is 1. The highest BCUT2D eigenvalue weighted by molar-refractivity contribution is 7.88. The van der Waals surface area contributed by atoms with Gasteiger partial charge in [0.1, 0.15) is 5.65 Å². The van der Waals surface area contributed by atoms with Crippen LogP contribution < -0.4 is 0 Å². The summed E-state index contributed by atoms with van der Waals surface area (Å²) in [6.07, 6.45) is 5.92. The summed E-state index contributed by atoms with van der Waals surface area (Å²) in [4.78, 5) is 6.82. The molecule has 1 fully saturated rings. The lowest BCUT2D eigenvalue weighted by molar-refractivity contribution is 0.276. The van der Waals surface area contributed by atoms with E-state index in [0.29, 0.717) is 18.1 Å². The third-order valence-electron chi connectivity index (χ3n) is 3.87. The molecule has 1 saturated heterocycles. The molecule has 1 aliphatic rings. The third-order valence-corrected chi connectivity index (χ3v) is 5.39. The lowest BCUT2D eigenvalue weighted by Gasteiger charge is -2.19. The van der Waals surface area contributed by atoms with E-state index in [1.807, 2.05) is 28.9 Å². The topological polar surface area (TPSA) is 57.9 Å². The maximum Gasteiger partial charge on any atom is 0.211 e. The van der Waals surface area contributed by atoms with Crippen LogP contribution in [0.15, 0.2) is 24.5 Å². The molecule has 0 aliphatic carbocycles. The van der Waals surface area contributed by atoms with Gasteiger partial charge in [0.25, 0.3) is 0 Å². The summed E-state index contributed by atoms with van der Waals surface area (Å²) in [5.74, 6) is 0. The Hall–Kier alpha value is -1.15. The highest BCUT2D eigenvalue weighted by atomic mass is 35.5. The Morgan fingerprint density at radius 3 is 2.77 bits per heavy atom. The molecule has 0 N–H and O–H groups in total. The Bertz CT molecular complexity index is 774. The number of hydrogen-bond donors (Lipinski definition) is 0. The van der Waals surface area contributed by atoms with Gasteiger partial charge in [-0.25, -0.2) is 17.7 Å². The number of fused-ring (bicyclic) bond motifs is 1. The minimum absolute atomic E-state index is 0.540. The van der Waals surface area contributed by atoms with E-state index in [9.17, 15) is 8.42 Å². The molecule has 3 heterocycles. The predicted octanol–water partition coefficient (Wildman–Crippen LogP) is 1.45. The fourth-order valence-corrected chi connectivity index (χ4v) is 3.80. The van der Waals surface area contributed by atoms with Crippen molar-refractivity contribution in [3.05, 3.63) is 35.2 Å². The van der Waals surface area contributed by atoms with Crippen molar-refractivity contribution < 1.29 is 8.42 Å². The lowest BCUT2D eigenvalue weighted by atomic mass is 10.3. The van der Waals surface area contributed by atoms with Crippen molar-refractivity contribution in [3.63, 3.8) is 0 Å². The monoisotopic (exact) mass is 342 g/mol. The van der Waals surface area contributed by atoms with E-state index in [2.05, 4.69) is 9.88 Å².